The maximum atomic E-state index is 14.1. The van der Waals surface area contributed by atoms with E-state index in [0.717, 1.165) is 28.7 Å². The SMILES string of the molecule is CCC(C)(C)NC(=O)CN1C(=O)C(NC(=O)Nc2ccc(C)cc2)CC(c2ccc(C)cc2)c2ccc(Cl)cc21. The van der Waals surface area contributed by atoms with Crippen molar-refractivity contribution in [1.29, 1.82) is 0 Å². The van der Waals surface area contributed by atoms with E-state index in [-0.39, 0.29) is 24.3 Å². The van der Waals surface area contributed by atoms with E-state index in [1.165, 1.54) is 4.90 Å². The summed E-state index contributed by atoms with van der Waals surface area (Å²) >= 11 is 6.43. The van der Waals surface area contributed by atoms with Crippen LogP contribution in [0.15, 0.2) is 66.7 Å². The van der Waals surface area contributed by atoms with Crippen LogP contribution in [-0.2, 0) is 9.59 Å². The first kappa shape index (κ1) is 29.2. The number of fused-ring (bicyclic) bond motifs is 1. The molecule has 3 N–H and O–H groups in total. The maximum absolute atomic E-state index is 14.1. The summed E-state index contributed by atoms with van der Waals surface area (Å²) in [7, 11) is 0. The first-order valence-electron chi connectivity index (χ1n) is 13.6. The number of amides is 4. The summed E-state index contributed by atoms with van der Waals surface area (Å²) in [6.07, 6.45) is 1.05. The Hall–Kier alpha value is -3.84. The predicted octanol–water partition coefficient (Wildman–Crippen LogP) is 6.32. The highest BCUT2D eigenvalue weighted by atomic mass is 35.5. The van der Waals surface area contributed by atoms with Gasteiger partial charge in [0.2, 0.25) is 11.8 Å². The minimum atomic E-state index is -0.894. The van der Waals surface area contributed by atoms with E-state index in [9.17, 15) is 14.4 Å². The Morgan fingerprint density at radius 3 is 2.23 bits per heavy atom. The standard InChI is InChI=1S/C32H37ClN4O3/c1-6-32(4,5)36-29(38)19-37-28-17-23(33)13-16-25(28)26(22-11-7-20(2)8-12-22)18-27(30(37)39)35-31(40)34-24-14-9-21(3)10-15-24/h7-17,26-27H,6,18-19H2,1-5H3,(H,36,38)(H2,34,35,40). The van der Waals surface area contributed by atoms with Gasteiger partial charge in [0.05, 0.1) is 0 Å². The Morgan fingerprint density at radius 1 is 0.975 bits per heavy atom. The lowest BCUT2D eigenvalue weighted by Gasteiger charge is -2.29. The van der Waals surface area contributed by atoms with E-state index >= 15 is 0 Å². The fourth-order valence-corrected chi connectivity index (χ4v) is 4.99. The fraction of sp³-hybridized carbons (Fsp3) is 0.344. The van der Waals surface area contributed by atoms with E-state index in [0.29, 0.717) is 22.8 Å². The number of benzene rings is 3. The van der Waals surface area contributed by atoms with E-state index < -0.39 is 17.6 Å². The summed E-state index contributed by atoms with van der Waals surface area (Å²) in [5.74, 6) is -0.883. The van der Waals surface area contributed by atoms with Gasteiger partial charge in [-0.3, -0.25) is 9.59 Å². The number of carbonyl (C=O) groups is 3. The van der Waals surface area contributed by atoms with Gasteiger partial charge in [0, 0.05) is 27.9 Å². The van der Waals surface area contributed by atoms with Crippen molar-refractivity contribution in [1.82, 2.24) is 10.6 Å². The average molecular weight is 561 g/mol. The third-order valence-corrected chi connectivity index (χ3v) is 7.69. The van der Waals surface area contributed by atoms with Crippen LogP contribution in [0.1, 0.15) is 61.8 Å². The molecule has 210 valence electrons. The van der Waals surface area contributed by atoms with E-state index in [4.69, 9.17) is 11.6 Å². The topological polar surface area (TPSA) is 90.5 Å². The largest absolute Gasteiger partial charge is 0.350 e. The van der Waals surface area contributed by atoms with Crippen LogP contribution in [0.25, 0.3) is 0 Å². The highest BCUT2D eigenvalue weighted by Gasteiger charge is 2.38. The summed E-state index contributed by atoms with van der Waals surface area (Å²) in [6, 6.07) is 19.6. The second-order valence-corrected chi connectivity index (χ2v) is 11.6. The quantitative estimate of drug-likeness (QED) is 0.316. The van der Waals surface area contributed by atoms with Gasteiger partial charge in [-0.2, -0.15) is 0 Å². The normalized spacial score (nSPS) is 17.1. The van der Waals surface area contributed by atoms with Crippen LogP contribution in [-0.4, -0.2) is 36.0 Å². The molecule has 4 amide bonds. The van der Waals surface area contributed by atoms with Crippen molar-refractivity contribution in [3.63, 3.8) is 0 Å². The number of aryl methyl sites for hydroxylation is 2. The molecule has 0 saturated heterocycles. The molecular formula is C32H37ClN4O3. The molecule has 0 aromatic heterocycles. The molecule has 0 spiro atoms. The second kappa shape index (κ2) is 12.1. The molecular weight excluding hydrogens is 524 g/mol. The number of urea groups is 1. The number of halogens is 1. The average Bonchev–Trinajstić information content (AvgIpc) is 3.00. The first-order chi connectivity index (χ1) is 19.0. The molecule has 1 aliphatic rings. The van der Waals surface area contributed by atoms with E-state index in [1.807, 2.05) is 89.2 Å². The van der Waals surface area contributed by atoms with Crippen LogP contribution in [0.2, 0.25) is 5.02 Å². The van der Waals surface area contributed by atoms with Gasteiger partial charge in [0.25, 0.3) is 0 Å². The highest BCUT2D eigenvalue weighted by Crippen LogP contribution is 2.40. The minimum absolute atomic E-state index is 0.200. The Labute approximate surface area is 241 Å². The van der Waals surface area contributed by atoms with Gasteiger partial charge in [0.1, 0.15) is 12.6 Å². The minimum Gasteiger partial charge on any atom is -0.350 e. The van der Waals surface area contributed by atoms with Crippen molar-refractivity contribution in [2.75, 3.05) is 16.8 Å². The van der Waals surface area contributed by atoms with Crippen molar-refractivity contribution in [2.45, 2.75) is 65.0 Å². The molecule has 0 fully saturated rings. The summed E-state index contributed by atoms with van der Waals surface area (Å²) in [5.41, 5.74) is 4.82. The smallest absolute Gasteiger partial charge is 0.319 e. The zero-order valence-corrected chi connectivity index (χ0v) is 24.4. The monoisotopic (exact) mass is 560 g/mol. The number of nitrogens with zero attached hydrogens (tertiary/aromatic N) is 1. The molecule has 0 aliphatic carbocycles. The first-order valence-corrected chi connectivity index (χ1v) is 14.0. The molecule has 8 heteroatoms. The summed E-state index contributed by atoms with van der Waals surface area (Å²) in [6.45, 7) is 9.65. The number of hydrogen-bond donors (Lipinski definition) is 3. The summed E-state index contributed by atoms with van der Waals surface area (Å²) in [5, 5.41) is 9.18. The van der Waals surface area contributed by atoms with Crippen molar-refractivity contribution in [2.24, 2.45) is 0 Å². The zero-order valence-electron chi connectivity index (χ0n) is 23.7. The van der Waals surface area contributed by atoms with Gasteiger partial charge in [-0.25, -0.2) is 4.79 Å². The van der Waals surface area contributed by atoms with Crippen LogP contribution in [0.5, 0.6) is 0 Å². The lowest BCUT2D eigenvalue weighted by atomic mass is 9.85. The molecule has 4 rings (SSSR count). The molecule has 0 bridgehead atoms. The molecule has 7 nitrogen and oxygen atoms in total. The van der Waals surface area contributed by atoms with Gasteiger partial charge in [-0.05, 0) is 75.9 Å². The Balaban J connectivity index is 1.72. The number of nitrogens with one attached hydrogen (secondary N) is 3. The summed E-state index contributed by atoms with van der Waals surface area (Å²) < 4.78 is 0. The highest BCUT2D eigenvalue weighted by molar-refractivity contribution is 6.31. The molecule has 3 aromatic carbocycles. The molecule has 2 atom stereocenters. The second-order valence-electron chi connectivity index (χ2n) is 11.1. The van der Waals surface area contributed by atoms with E-state index in [2.05, 4.69) is 16.0 Å². The van der Waals surface area contributed by atoms with Gasteiger partial charge in [0.15, 0.2) is 0 Å². The molecule has 3 aromatic rings. The number of anilines is 2. The zero-order chi connectivity index (χ0) is 29.0. The van der Waals surface area contributed by atoms with Crippen molar-refractivity contribution < 1.29 is 14.4 Å². The third kappa shape index (κ3) is 7.02. The predicted molar refractivity (Wildman–Crippen MR) is 161 cm³/mol. The molecule has 40 heavy (non-hydrogen) atoms. The number of hydrogen-bond acceptors (Lipinski definition) is 3. The van der Waals surface area contributed by atoms with Crippen molar-refractivity contribution in [3.05, 3.63) is 94.0 Å². The molecule has 0 radical (unpaired) electrons. The van der Waals surface area contributed by atoms with Crippen LogP contribution < -0.4 is 20.9 Å². The van der Waals surface area contributed by atoms with Gasteiger partial charge in [-0.1, -0.05) is 72.1 Å². The van der Waals surface area contributed by atoms with Gasteiger partial charge < -0.3 is 20.9 Å². The van der Waals surface area contributed by atoms with E-state index in [1.54, 1.807) is 12.1 Å². The summed E-state index contributed by atoms with van der Waals surface area (Å²) in [4.78, 5) is 41.9. The third-order valence-electron chi connectivity index (χ3n) is 7.45. The lowest BCUT2D eigenvalue weighted by molar-refractivity contribution is -0.125. The Kier molecular flexibility index (Phi) is 8.84. The van der Waals surface area contributed by atoms with Crippen molar-refractivity contribution >= 4 is 40.8 Å². The van der Waals surface area contributed by atoms with Crippen LogP contribution in [0, 0.1) is 13.8 Å². The molecule has 2 unspecified atom stereocenters. The Morgan fingerprint density at radius 2 is 1.60 bits per heavy atom. The van der Waals surface area contributed by atoms with Crippen LogP contribution in [0.3, 0.4) is 0 Å². The molecule has 1 aliphatic heterocycles. The van der Waals surface area contributed by atoms with Crippen LogP contribution >= 0.6 is 11.6 Å². The maximum Gasteiger partial charge on any atom is 0.319 e. The van der Waals surface area contributed by atoms with Gasteiger partial charge >= 0.3 is 6.03 Å². The van der Waals surface area contributed by atoms with Crippen LogP contribution in [0.4, 0.5) is 16.2 Å². The number of rotatable bonds is 7. The fourth-order valence-electron chi connectivity index (χ4n) is 4.82. The molecule has 1 heterocycles. The lowest BCUT2D eigenvalue weighted by Crippen LogP contribution is -2.53. The van der Waals surface area contributed by atoms with Gasteiger partial charge in [-0.15, -0.1) is 0 Å². The molecule has 0 saturated carbocycles. The number of carbonyl (C=O) groups excluding carboxylic acids is 3. The van der Waals surface area contributed by atoms with Crippen molar-refractivity contribution in [3.8, 4) is 0 Å². The Bertz CT molecular complexity index is 1390.